The van der Waals surface area contributed by atoms with Crippen LogP contribution in [-0.2, 0) is 17.3 Å². The summed E-state index contributed by atoms with van der Waals surface area (Å²) in [4.78, 5) is 22.6. The quantitative estimate of drug-likeness (QED) is 0.742. The van der Waals surface area contributed by atoms with Crippen molar-refractivity contribution in [1.29, 1.82) is 0 Å². The van der Waals surface area contributed by atoms with Crippen molar-refractivity contribution in [2.75, 3.05) is 11.9 Å². The normalized spacial score (nSPS) is 39.0. The fourth-order valence-corrected chi connectivity index (χ4v) is 7.75. The Kier molecular flexibility index (Phi) is 3.94. The standard InChI is InChI=1S/C24H28FN5O3/c1-29-18-11-26-21(27-17-5-15-2-3-33-19(15)6-16(17)25)28-20(18)30(22(29)31)23-7-13-4-14(8-23)10-24(32,9-13)12-23/h5-6,11,13-15,19,32H,2-4,7-10,12H2,1H3,(H,26,27,28). The van der Waals surface area contributed by atoms with E-state index in [1.807, 2.05) is 10.6 Å². The number of aliphatic hydroxyl groups is 1. The van der Waals surface area contributed by atoms with Crippen molar-refractivity contribution in [1.82, 2.24) is 19.1 Å². The van der Waals surface area contributed by atoms with E-state index in [-0.39, 0.29) is 29.5 Å². The molecule has 1 aliphatic heterocycles. The van der Waals surface area contributed by atoms with Crippen molar-refractivity contribution in [3.8, 4) is 0 Å². The Bertz CT molecular complexity index is 1280. The van der Waals surface area contributed by atoms with Gasteiger partial charge < -0.3 is 15.2 Å². The van der Waals surface area contributed by atoms with Gasteiger partial charge in [-0.1, -0.05) is 6.08 Å². The Morgan fingerprint density at radius 2 is 2.03 bits per heavy atom. The van der Waals surface area contributed by atoms with Gasteiger partial charge >= 0.3 is 5.69 Å². The van der Waals surface area contributed by atoms with Crippen LogP contribution < -0.4 is 11.0 Å². The molecule has 8 nitrogen and oxygen atoms in total. The van der Waals surface area contributed by atoms with Crippen LogP contribution in [0, 0.1) is 17.8 Å². The maximum Gasteiger partial charge on any atom is 0.330 e. The highest BCUT2D eigenvalue weighted by atomic mass is 19.1. The molecule has 33 heavy (non-hydrogen) atoms. The summed E-state index contributed by atoms with van der Waals surface area (Å²) >= 11 is 0. The minimum absolute atomic E-state index is 0.129. The van der Waals surface area contributed by atoms with Crippen LogP contribution in [0.4, 0.5) is 10.3 Å². The largest absolute Gasteiger partial charge is 0.390 e. The molecule has 4 saturated carbocycles. The molecule has 8 rings (SSSR count). The van der Waals surface area contributed by atoms with Gasteiger partial charge in [-0.2, -0.15) is 4.98 Å². The van der Waals surface area contributed by atoms with E-state index in [4.69, 9.17) is 9.72 Å². The van der Waals surface area contributed by atoms with E-state index in [0.29, 0.717) is 41.7 Å². The summed E-state index contributed by atoms with van der Waals surface area (Å²) in [5.41, 5.74) is 0.288. The van der Waals surface area contributed by atoms with E-state index >= 15 is 0 Å². The Balaban J connectivity index is 1.31. The van der Waals surface area contributed by atoms with Crippen LogP contribution in [-0.4, -0.2) is 42.5 Å². The van der Waals surface area contributed by atoms with Gasteiger partial charge in [0.1, 0.15) is 11.3 Å². The number of nitrogens with one attached hydrogen (secondary N) is 1. The van der Waals surface area contributed by atoms with Gasteiger partial charge in [0, 0.05) is 19.6 Å². The first-order chi connectivity index (χ1) is 15.8. The molecule has 2 aromatic heterocycles. The second-order valence-electron chi connectivity index (χ2n) is 11.0. The monoisotopic (exact) mass is 453 g/mol. The summed E-state index contributed by atoms with van der Waals surface area (Å²) in [6.45, 7) is 0.623. The van der Waals surface area contributed by atoms with Gasteiger partial charge in [0.15, 0.2) is 5.65 Å². The summed E-state index contributed by atoms with van der Waals surface area (Å²) < 4.78 is 23.7. The number of halogens is 1. The summed E-state index contributed by atoms with van der Waals surface area (Å²) in [5, 5.41) is 14.3. The number of imidazole rings is 1. The molecule has 4 bridgehead atoms. The number of aryl methyl sites for hydroxylation is 1. The lowest BCUT2D eigenvalue weighted by Crippen LogP contribution is -2.61. The van der Waals surface area contributed by atoms with Crippen LogP contribution in [0.25, 0.3) is 11.2 Å². The summed E-state index contributed by atoms with van der Waals surface area (Å²) in [6, 6.07) is 0. The topological polar surface area (TPSA) is 94.2 Å². The van der Waals surface area contributed by atoms with Gasteiger partial charge in [-0.05, 0) is 62.9 Å². The smallest absolute Gasteiger partial charge is 0.330 e. The Labute approximate surface area is 190 Å². The fraction of sp³-hybridized carbons (Fsp3) is 0.625. The molecular weight excluding hydrogens is 425 g/mol. The van der Waals surface area contributed by atoms with E-state index in [1.54, 1.807) is 17.8 Å². The first kappa shape index (κ1) is 19.9. The lowest BCUT2D eigenvalue weighted by Gasteiger charge is -2.60. The van der Waals surface area contributed by atoms with E-state index < -0.39 is 11.1 Å². The van der Waals surface area contributed by atoms with Gasteiger partial charge in [-0.25, -0.2) is 14.2 Å². The summed E-state index contributed by atoms with van der Waals surface area (Å²) in [6.07, 6.45) is 10.8. The van der Waals surface area contributed by atoms with Crippen LogP contribution in [0.2, 0.25) is 0 Å². The predicted molar refractivity (Wildman–Crippen MR) is 119 cm³/mol. The first-order valence-electron chi connectivity index (χ1n) is 12.0. The van der Waals surface area contributed by atoms with Gasteiger partial charge in [-0.3, -0.25) is 9.13 Å². The third-order valence-electron chi connectivity index (χ3n) is 8.65. The SMILES string of the molecule is Cn1c(=O)n(C23CC4CC(CC(O)(C4)C2)C3)c2nc(NC3=CC4CCOC4C=C3F)ncc21. The number of rotatable bonds is 3. The third kappa shape index (κ3) is 2.84. The van der Waals surface area contributed by atoms with Crippen molar-refractivity contribution >= 4 is 17.1 Å². The van der Waals surface area contributed by atoms with Crippen LogP contribution in [0.3, 0.4) is 0 Å². The predicted octanol–water partition coefficient (Wildman–Crippen LogP) is 2.74. The highest BCUT2D eigenvalue weighted by Gasteiger charge is 2.59. The lowest BCUT2D eigenvalue weighted by atomic mass is 9.51. The third-order valence-corrected chi connectivity index (χ3v) is 8.65. The molecule has 6 aliphatic rings. The average molecular weight is 454 g/mol. The number of ether oxygens (including phenoxy) is 1. The van der Waals surface area contributed by atoms with Crippen molar-refractivity contribution in [3.63, 3.8) is 0 Å². The Morgan fingerprint density at radius 1 is 1.24 bits per heavy atom. The van der Waals surface area contributed by atoms with Crippen molar-refractivity contribution < 1.29 is 14.2 Å². The highest BCUT2D eigenvalue weighted by molar-refractivity contribution is 5.72. The molecule has 5 aliphatic carbocycles. The second-order valence-corrected chi connectivity index (χ2v) is 11.0. The molecular formula is C24H28FN5O3. The summed E-state index contributed by atoms with van der Waals surface area (Å²) in [7, 11) is 1.74. The average Bonchev–Trinajstić information content (AvgIpc) is 3.28. The number of aromatic nitrogens is 4. The zero-order valence-electron chi connectivity index (χ0n) is 18.6. The van der Waals surface area contributed by atoms with Crippen LogP contribution in [0.15, 0.2) is 34.7 Å². The molecule has 4 atom stereocenters. The molecule has 4 unspecified atom stereocenters. The molecule has 1 saturated heterocycles. The second kappa shape index (κ2) is 6.54. The molecule has 0 aromatic carbocycles. The van der Waals surface area contributed by atoms with Crippen LogP contribution in [0.5, 0.6) is 0 Å². The number of hydrogen-bond acceptors (Lipinski definition) is 6. The summed E-state index contributed by atoms with van der Waals surface area (Å²) in [5.74, 6) is 0.892. The molecule has 174 valence electrons. The van der Waals surface area contributed by atoms with E-state index in [1.165, 1.54) is 6.08 Å². The van der Waals surface area contributed by atoms with Gasteiger partial charge in [0.05, 0.1) is 29.1 Å². The maximum absolute atomic E-state index is 14.7. The maximum atomic E-state index is 14.7. The zero-order chi connectivity index (χ0) is 22.5. The highest BCUT2D eigenvalue weighted by Crippen LogP contribution is 2.60. The zero-order valence-corrected chi connectivity index (χ0v) is 18.6. The first-order valence-corrected chi connectivity index (χ1v) is 12.0. The van der Waals surface area contributed by atoms with Gasteiger partial charge in [-0.15, -0.1) is 0 Å². The molecule has 0 spiro atoms. The van der Waals surface area contributed by atoms with Crippen molar-refractivity contribution in [3.05, 3.63) is 40.4 Å². The molecule has 2 N–H and O–H groups in total. The lowest BCUT2D eigenvalue weighted by molar-refractivity contribution is -0.156. The molecule has 2 aromatic rings. The van der Waals surface area contributed by atoms with E-state index in [0.717, 1.165) is 38.5 Å². The van der Waals surface area contributed by atoms with Crippen molar-refractivity contribution in [2.45, 2.75) is 62.2 Å². The van der Waals surface area contributed by atoms with Crippen molar-refractivity contribution in [2.24, 2.45) is 24.8 Å². The number of hydrogen-bond donors (Lipinski definition) is 2. The molecule has 0 radical (unpaired) electrons. The van der Waals surface area contributed by atoms with Crippen LogP contribution in [0.1, 0.15) is 44.9 Å². The fourth-order valence-electron chi connectivity index (χ4n) is 7.75. The Morgan fingerprint density at radius 3 is 2.79 bits per heavy atom. The molecule has 3 heterocycles. The van der Waals surface area contributed by atoms with E-state index in [9.17, 15) is 14.3 Å². The number of anilines is 1. The number of fused-ring (bicyclic) bond motifs is 2. The minimum atomic E-state index is -0.694. The molecule has 0 amide bonds. The van der Waals surface area contributed by atoms with Gasteiger partial charge in [0.25, 0.3) is 0 Å². The number of nitrogens with zero attached hydrogens (tertiary/aromatic N) is 4. The van der Waals surface area contributed by atoms with E-state index in [2.05, 4.69) is 10.3 Å². The van der Waals surface area contributed by atoms with Gasteiger partial charge in [0.2, 0.25) is 5.95 Å². The minimum Gasteiger partial charge on any atom is -0.390 e. The Hall–Kier alpha value is -2.52. The molecule has 5 fully saturated rings. The van der Waals surface area contributed by atoms with Crippen LogP contribution >= 0.6 is 0 Å². The number of allylic oxidation sites excluding steroid dienone is 1. The molecule has 9 heteroatoms.